The Morgan fingerprint density at radius 2 is 1.69 bits per heavy atom. The quantitative estimate of drug-likeness (QED) is 0.420. The summed E-state index contributed by atoms with van der Waals surface area (Å²) >= 11 is 0. The van der Waals surface area contributed by atoms with Crippen molar-refractivity contribution in [3.8, 4) is 11.1 Å². The summed E-state index contributed by atoms with van der Waals surface area (Å²) in [5.74, 6) is 1.14. The Morgan fingerprint density at radius 1 is 0.972 bits per heavy atom. The summed E-state index contributed by atoms with van der Waals surface area (Å²) < 4.78 is 4.25. The first kappa shape index (κ1) is 22.8. The number of carbonyl (C=O) groups excluding carboxylic acids is 1. The maximum absolute atomic E-state index is 11.6. The van der Waals surface area contributed by atoms with Crippen molar-refractivity contribution in [3.05, 3.63) is 60.6 Å². The topological polar surface area (TPSA) is 71.2 Å². The molecule has 2 fully saturated rings. The van der Waals surface area contributed by atoms with E-state index in [2.05, 4.69) is 61.4 Å². The Morgan fingerprint density at radius 3 is 2.33 bits per heavy atom. The number of fused-ring (bicyclic) bond motifs is 1. The van der Waals surface area contributed by atoms with Crippen molar-refractivity contribution < 1.29 is 4.79 Å². The number of piperazine rings is 1. The second-order valence-corrected chi connectivity index (χ2v) is 10.1. The third kappa shape index (κ3) is 4.05. The predicted molar refractivity (Wildman–Crippen MR) is 144 cm³/mol. The van der Waals surface area contributed by atoms with E-state index in [0.29, 0.717) is 12.1 Å². The average Bonchev–Trinajstić information content (AvgIpc) is 3.47. The Balaban J connectivity index is 1.25. The minimum absolute atomic E-state index is 0.104. The number of carbonyl (C=O) groups is 1. The van der Waals surface area contributed by atoms with Crippen LogP contribution in [0.4, 0.5) is 11.5 Å². The second-order valence-electron chi connectivity index (χ2n) is 10.1. The van der Waals surface area contributed by atoms with E-state index in [1.807, 2.05) is 37.1 Å². The van der Waals surface area contributed by atoms with Gasteiger partial charge in [-0.05, 0) is 63.2 Å². The molecule has 0 atom stereocenters. The SMILES string of the molecule is CNC1CC(n2cc(-c3cnn(C)c3)c3ccc(N4CCN(c5ccc(C(C)=O)cc5)CC4)nc32)C1. The van der Waals surface area contributed by atoms with Crippen LogP contribution >= 0.6 is 0 Å². The van der Waals surface area contributed by atoms with Gasteiger partial charge < -0.3 is 19.7 Å². The first-order valence-electron chi connectivity index (χ1n) is 12.8. The van der Waals surface area contributed by atoms with Gasteiger partial charge in [-0.2, -0.15) is 5.10 Å². The fraction of sp³-hybridized carbons (Fsp3) is 0.393. The van der Waals surface area contributed by atoms with Crippen LogP contribution < -0.4 is 15.1 Å². The second kappa shape index (κ2) is 9.09. The molecule has 3 aromatic heterocycles. The standard InChI is InChI=1S/C28H33N7O/c1-19(36)20-4-6-23(7-5-20)33-10-12-34(13-11-33)27-9-8-25-26(21-16-30-32(3)17-21)18-35(28(25)31-27)24-14-22(15-24)29-2/h4-9,16-18,22,24,29H,10-15H2,1-3H3. The molecule has 0 bridgehead atoms. The summed E-state index contributed by atoms with van der Waals surface area (Å²) in [6.45, 7) is 5.28. The molecule has 1 aliphatic heterocycles. The third-order valence-electron chi connectivity index (χ3n) is 7.84. The number of hydrogen-bond acceptors (Lipinski definition) is 6. The van der Waals surface area contributed by atoms with Gasteiger partial charge in [0, 0.05) is 85.5 Å². The van der Waals surface area contributed by atoms with Gasteiger partial charge in [0.2, 0.25) is 0 Å². The van der Waals surface area contributed by atoms with Gasteiger partial charge in [0.05, 0.1) is 6.20 Å². The van der Waals surface area contributed by atoms with Gasteiger partial charge in [0.25, 0.3) is 0 Å². The van der Waals surface area contributed by atoms with Crippen LogP contribution in [0.15, 0.2) is 55.0 Å². The lowest BCUT2D eigenvalue weighted by atomic mass is 9.87. The highest BCUT2D eigenvalue weighted by molar-refractivity contribution is 5.95. The van der Waals surface area contributed by atoms with Gasteiger partial charge >= 0.3 is 0 Å². The number of hydrogen-bond donors (Lipinski definition) is 1. The summed E-state index contributed by atoms with van der Waals surface area (Å²) in [6.07, 6.45) is 8.54. The van der Waals surface area contributed by atoms with Gasteiger partial charge in [-0.15, -0.1) is 0 Å². The molecule has 2 aliphatic rings. The van der Waals surface area contributed by atoms with E-state index in [4.69, 9.17) is 4.98 Å². The van der Waals surface area contributed by atoms with Crippen molar-refractivity contribution in [2.75, 3.05) is 43.0 Å². The molecule has 0 unspecified atom stereocenters. The van der Waals surface area contributed by atoms with Gasteiger partial charge in [0.1, 0.15) is 11.5 Å². The Bertz CT molecular complexity index is 1390. The molecule has 1 N–H and O–H groups in total. The Hall–Kier alpha value is -3.65. The maximum Gasteiger partial charge on any atom is 0.159 e. The highest BCUT2D eigenvalue weighted by Crippen LogP contribution is 2.39. The molecule has 0 amide bonds. The van der Waals surface area contributed by atoms with Crippen LogP contribution in [0.5, 0.6) is 0 Å². The first-order valence-corrected chi connectivity index (χ1v) is 12.8. The summed E-state index contributed by atoms with van der Waals surface area (Å²) in [6, 6.07) is 13.4. The number of nitrogens with zero attached hydrogens (tertiary/aromatic N) is 6. The molecular formula is C28H33N7O. The van der Waals surface area contributed by atoms with Crippen molar-refractivity contribution in [2.24, 2.45) is 7.05 Å². The number of benzene rings is 1. The molecule has 6 rings (SSSR count). The highest BCUT2D eigenvalue weighted by Gasteiger charge is 2.31. The summed E-state index contributed by atoms with van der Waals surface area (Å²) in [5.41, 5.74) is 5.32. The van der Waals surface area contributed by atoms with Gasteiger partial charge in [-0.25, -0.2) is 4.98 Å². The number of ketones is 1. The monoisotopic (exact) mass is 483 g/mol. The summed E-state index contributed by atoms with van der Waals surface area (Å²) in [4.78, 5) is 21.6. The molecule has 1 saturated carbocycles. The highest BCUT2D eigenvalue weighted by atomic mass is 16.1. The number of aryl methyl sites for hydroxylation is 1. The minimum atomic E-state index is 0.104. The van der Waals surface area contributed by atoms with Crippen LogP contribution in [0.25, 0.3) is 22.2 Å². The summed E-state index contributed by atoms with van der Waals surface area (Å²) in [5, 5.41) is 8.98. The molecular weight excluding hydrogens is 450 g/mol. The van der Waals surface area contributed by atoms with Crippen LogP contribution in [0.1, 0.15) is 36.2 Å². The van der Waals surface area contributed by atoms with E-state index < -0.39 is 0 Å². The Labute approximate surface area is 211 Å². The van der Waals surface area contributed by atoms with E-state index in [9.17, 15) is 4.79 Å². The fourth-order valence-electron chi connectivity index (χ4n) is 5.51. The number of anilines is 2. The van der Waals surface area contributed by atoms with E-state index >= 15 is 0 Å². The maximum atomic E-state index is 11.6. The number of Topliss-reactive ketones (excluding diaryl/α,β-unsaturated/α-hetero) is 1. The largest absolute Gasteiger partial charge is 0.368 e. The minimum Gasteiger partial charge on any atom is -0.368 e. The smallest absolute Gasteiger partial charge is 0.159 e. The van der Waals surface area contributed by atoms with Crippen LogP contribution in [0, 0.1) is 0 Å². The molecule has 1 aliphatic carbocycles. The zero-order valence-electron chi connectivity index (χ0n) is 21.2. The molecule has 1 saturated heterocycles. The predicted octanol–water partition coefficient (Wildman–Crippen LogP) is 3.89. The van der Waals surface area contributed by atoms with E-state index in [-0.39, 0.29) is 5.78 Å². The number of nitrogens with one attached hydrogen (secondary N) is 1. The zero-order chi connectivity index (χ0) is 24.8. The van der Waals surface area contributed by atoms with Crippen LogP contribution in [0.3, 0.4) is 0 Å². The van der Waals surface area contributed by atoms with Crippen molar-refractivity contribution in [3.63, 3.8) is 0 Å². The van der Waals surface area contributed by atoms with E-state index in [1.165, 1.54) is 16.6 Å². The van der Waals surface area contributed by atoms with Crippen LogP contribution in [-0.4, -0.2) is 64.4 Å². The zero-order valence-corrected chi connectivity index (χ0v) is 21.2. The lowest BCUT2D eigenvalue weighted by Gasteiger charge is -2.37. The molecule has 8 nitrogen and oxygen atoms in total. The lowest BCUT2D eigenvalue weighted by molar-refractivity contribution is 0.101. The normalized spacial score (nSPS) is 20.1. The van der Waals surface area contributed by atoms with Crippen LogP contribution in [-0.2, 0) is 7.05 Å². The Kier molecular flexibility index (Phi) is 5.76. The molecule has 186 valence electrons. The van der Waals surface area contributed by atoms with Gasteiger partial charge in [0.15, 0.2) is 5.78 Å². The van der Waals surface area contributed by atoms with Crippen molar-refractivity contribution in [1.82, 2.24) is 24.6 Å². The molecule has 0 spiro atoms. The van der Waals surface area contributed by atoms with E-state index in [1.54, 1.807) is 6.92 Å². The molecule has 0 radical (unpaired) electrons. The van der Waals surface area contributed by atoms with E-state index in [0.717, 1.165) is 61.6 Å². The van der Waals surface area contributed by atoms with Crippen LogP contribution in [0.2, 0.25) is 0 Å². The third-order valence-corrected chi connectivity index (χ3v) is 7.84. The van der Waals surface area contributed by atoms with Gasteiger partial charge in [-0.3, -0.25) is 9.48 Å². The molecule has 4 aromatic rings. The molecule has 4 heterocycles. The van der Waals surface area contributed by atoms with Crippen molar-refractivity contribution in [1.29, 1.82) is 0 Å². The molecule has 8 heteroatoms. The fourth-order valence-corrected chi connectivity index (χ4v) is 5.51. The summed E-state index contributed by atoms with van der Waals surface area (Å²) in [7, 11) is 4.00. The van der Waals surface area contributed by atoms with Crippen molar-refractivity contribution >= 4 is 28.3 Å². The average molecular weight is 484 g/mol. The number of pyridine rings is 1. The lowest BCUT2D eigenvalue weighted by Crippen LogP contribution is -2.46. The van der Waals surface area contributed by atoms with Gasteiger partial charge in [-0.1, -0.05) is 0 Å². The number of rotatable bonds is 6. The number of aromatic nitrogens is 4. The first-order chi connectivity index (χ1) is 17.5. The molecule has 1 aromatic carbocycles. The van der Waals surface area contributed by atoms with Crippen molar-refractivity contribution in [2.45, 2.75) is 31.8 Å². The molecule has 36 heavy (non-hydrogen) atoms.